The maximum absolute atomic E-state index is 12.2. The summed E-state index contributed by atoms with van der Waals surface area (Å²) in [5.74, 6) is 1.47. The molecule has 0 heterocycles. The van der Waals surface area contributed by atoms with Gasteiger partial charge < -0.3 is 14.8 Å². The Morgan fingerprint density at radius 2 is 1.59 bits per heavy atom. The topological polar surface area (TPSA) is 47.6 Å². The summed E-state index contributed by atoms with van der Waals surface area (Å²) in [6, 6.07) is 16.0. The molecule has 1 atom stereocenters. The van der Waals surface area contributed by atoms with E-state index in [-0.39, 0.29) is 11.3 Å². The van der Waals surface area contributed by atoms with Crippen LogP contribution >= 0.6 is 0 Å². The van der Waals surface area contributed by atoms with Crippen LogP contribution in [0.5, 0.6) is 11.5 Å². The van der Waals surface area contributed by atoms with E-state index < -0.39 is 6.10 Å². The van der Waals surface area contributed by atoms with Gasteiger partial charge in [0.25, 0.3) is 5.91 Å². The molecule has 0 aliphatic carbocycles. The van der Waals surface area contributed by atoms with Gasteiger partial charge in [-0.25, -0.2) is 0 Å². The van der Waals surface area contributed by atoms with Crippen molar-refractivity contribution < 1.29 is 14.3 Å². The summed E-state index contributed by atoms with van der Waals surface area (Å²) in [7, 11) is 1.66. The molecule has 2 rings (SSSR count). The lowest BCUT2D eigenvalue weighted by Gasteiger charge is -2.20. The first-order valence-corrected chi connectivity index (χ1v) is 9.47. The van der Waals surface area contributed by atoms with Crippen molar-refractivity contribution in [3.63, 3.8) is 0 Å². The first kappa shape index (κ1) is 20.8. The van der Waals surface area contributed by atoms with Gasteiger partial charge in [0, 0.05) is 6.54 Å². The van der Waals surface area contributed by atoms with Crippen LogP contribution in [-0.4, -0.2) is 25.7 Å². The van der Waals surface area contributed by atoms with E-state index in [0.29, 0.717) is 12.3 Å². The molecule has 0 aliphatic heterocycles. The highest BCUT2D eigenvalue weighted by atomic mass is 16.5. The van der Waals surface area contributed by atoms with Crippen molar-refractivity contribution in [3.8, 4) is 11.5 Å². The number of benzene rings is 2. The number of amides is 1. The lowest BCUT2D eigenvalue weighted by Crippen LogP contribution is -2.36. The van der Waals surface area contributed by atoms with Crippen molar-refractivity contribution in [2.75, 3.05) is 13.7 Å². The van der Waals surface area contributed by atoms with Crippen LogP contribution in [0.3, 0.4) is 0 Å². The molecule has 2 aromatic carbocycles. The molecule has 0 aromatic heterocycles. The Balaban J connectivity index is 1.73. The molecule has 0 unspecified atom stereocenters. The molecule has 0 saturated carbocycles. The Morgan fingerprint density at radius 3 is 2.15 bits per heavy atom. The number of carbonyl (C=O) groups excluding carboxylic acids is 1. The summed E-state index contributed by atoms with van der Waals surface area (Å²) in [6.45, 7) is 8.92. The minimum Gasteiger partial charge on any atom is -0.497 e. The van der Waals surface area contributed by atoms with E-state index in [0.717, 1.165) is 18.6 Å². The Bertz CT molecular complexity index is 715. The predicted molar refractivity (Wildman–Crippen MR) is 110 cm³/mol. The van der Waals surface area contributed by atoms with Crippen molar-refractivity contribution in [1.29, 1.82) is 0 Å². The van der Waals surface area contributed by atoms with Crippen LogP contribution in [0.25, 0.3) is 0 Å². The molecule has 0 aliphatic rings. The van der Waals surface area contributed by atoms with Gasteiger partial charge in [-0.3, -0.25) is 4.79 Å². The smallest absolute Gasteiger partial charge is 0.260 e. The number of hydrogen-bond acceptors (Lipinski definition) is 3. The second kappa shape index (κ2) is 9.45. The van der Waals surface area contributed by atoms with Crippen molar-refractivity contribution in [2.45, 2.75) is 52.1 Å². The van der Waals surface area contributed by atoms with Crippen LogP contribution in [0.4, 0.5) is 0 Å². The summed E-state index contributed by atoms with van der Waals surface area (Å²) in [6.07, 6.45) is 1.27. The third kappa shape index (κ3) is 6.63. The number of methoxy groups -OCH3 is 1. The van der Waals surface area contributed by atoms with E-state index in [1.54, 1.807) is 14.0 Å². The zero-order valence-corrected chi connectivity index (χ0v) is 17.0. The van der Waals surface area contributed by atoms with Crippen molar-refractivity contribution >= 4 is 5.91 Å². The SMILES string of the molecule is COc1ccc(CCCNC(=O)[C@H](C)Oc2ccc(C(C)(C)C)cc2)cc1. The van der Waals surface area contributed by atoms with Gasteiger partial charge in [0.2, 0.25) is 0 Å². The number of aryl methyl sites for hydroxylation is 1. The molecule has 1 amide bonds. The van der Waals surface area contributed by atoms with Crippen LogP contribution < -0.4 is 14.8 Å². The van der Waals surface area contributed by atoms with Gasteiger partial charge in [-0.2, -0.15) is 0 Å². The molecule has 0 bridgehead atoms. The van der Waals surface area contributed by atoms with E-state index in [1.807, 2.05) is 36.4 Å². The lowest BCUT2D eigenvalue weighted by atomic mass is 9.87. The lowest BCUT2D eigenvalue weighted by molar-refractivity contribution is -0.127. The molecule has 4 nitrogen and oxygen atoms in total. The summed E-state index contributed by atoms with van der Waals surface area (Å²) in [4.78, 5) is 12.2. The third-order valence-electron chi connectivity index (χ3n) is 4.50. The minimum atomic E-state index is -0.522. The Labute approximate surface area is 162 Å². The molecule has 0 spiro atoms. The first-order chi connectivity index (χ1) is 12.8. The second-order valence-corrected chi connectivity index (χ2v) is 7.78. The molecule has 2 aromatic rings. The standard InChI is InChI=1S/C23H31NO3/c1-17(27-21-14-10-19(11-15-21)23(2,3)4)22(25)24-16-6-7-18-8-12-20(26-5)13-9-18/h8-15,17H,6-7,16H2,1-5H3,(H,24,25)/t17-/m0/s1. The number of carbonyl (C=O) groups is 1. The molecule has 0 fully saturated rings. The highest BCUT2D eigenvalue weighted by Crippen LogP contribution is 2.24. The van der Waals surface area contributed by atoms with Crippen LogP contribution in [0, 0.1) is 0 Å². The fourth-order valence-electron chi connectivity index (χ4n) is 2.73. The fraction of sp³-hybridized carbons (Fsp3) is 0.435. The van der Waals surface area contributed by atoms with Gasteiger partial charge in [-0.1, -0.05) is 45.0 Å². The molecule has 146 valence electrons. The zero-order chi connectivity index (χ0) is 19.9. The van der Waals surface area contributed by atoms with E-state index in [9.17, 15) is 4.79 Å². The van der Waals surface area contributed by atoms with E-state index in [1.165, 1.54) is 11.1 Å². The normalized spacial score (nSPS) is 12.3. The maximum atomic E-state index is 12.2. The quantitative estimate of drug-likeness (QED) is 0.697. The first-order valence-electron chi connectivity index (χ1n) is 9.47. The minimum absolute atomic E-state index is 0.0929. The second-order valence-electron chi connectivity index (χ2n) is 7.78. The monoisotopic (exact) mass is 369 g/mol. The molecule has 27 heavy (non-hydrogen) atoms. The van der Waals surface area contributed by atoms with Gasteiger partial charge in [-0.05, 0) is 60.6 Å². The summed E-state index contributed by atoms with van der Waals surface area (Å²) >= 11 is 0. The Kier molecular flexibility index (Phi) is 7.28. The van der Waals surface area contributed by atoms with Gasteiger partial charge in [0.15, 0.2) is 6.10 Å². The molecular weight excluding hydrogens is 338 g/mol. The highest BCUT2D eigenvalue weighted by Gasteiger charge is 2.16. The van der Waals surface area contributed by atoms with Crippen molar-refractivity contribution in [1.82, 2.24) is 5.32 Å². The number of ether oxygens (including phenoxy) is 2. The van der Waals surface area contributed by atoms with Crippen LogP contribution in [0.1, 0.15) is 45.2 Å². The predicted octanol–water partition coefficient (Wildman–Crippen LogP) is 4.51. The van der Waals surface area contributed by atoms with Crippen LogP contribution in [-0.2, 0) is 16.6 Å². The van der Waals surface area contributed by atoms with E-state index in [4.69, 9.17) is 9.47 Å². The summed E-state index contributed by atoms with van der Waals surface area (Å²) in [5.41, 5.74) is 2.57. The van der Waals surface area contributed by atoms with Crippen LogP contribution in [0.2, 0.25) is 0 Å². The summed E-state index contributed by atoms with van der Waals surface area (Å²) < 4.78 is 10.9. The number of rotatable bonds is 8. The number of nitrogens with one attached hydrogen (secondary N) is 1. The van der Waals surface area contributed by atoms with Gasteiger partial charge in [0.1, 0.15) is 11.5 Å². The van der Waals surface area contributed by atoms with Gasteiger partial charge in [-0.15, -0.1) is 0 Å². The molecular formula is C23H31NO3. The molecule has 0 saturated heterocycles. The van der Waals surface area contributed by atoms with Crippen molar-refractivity contribution in [2.24, 2.45) is 0 Å². The average molecular weight is 370 g/mol. The van der Waals surface area contributed by atoms with E-state index >= 15 is 0 Å². The largest absolute Gasteiger partial charge is 0.497 e. The summed E-state index contributed by atoms with van der Waals surface area (Å²) in [5, 5.41) is 2.94. The van der Waals surface area contributed by atoms with Gasteiger partial charge in [0.05, 0.1) is 7.11 Å². The fourth-order valence-corrected chi connectivity index (χ4v) is 2.73. The zero-order valence-electron chi connectivity index (χ0n) is 17.0. The van der Waals surface area contributed by atoms with Crippen LogP contribution in [0.15, 0.2) is 48.5 Å². The van der Waals surface area contributed by atoms with Gasteiger partial charge >= 0.3 is 0 Å². The Morgan fingerprint density at radius 1 is 1.00 bits per heavy atom. The maximum Gasteiger partial charge on any atom is 0.260 e. The molecule has 0 radical (unpaired) electrons. The average Bonchev–Trinajstić information content (AvgIpc) is 2.65. The molecule has 1 N–H and O–H groups in total. The molecule has 4 heteroatoms. The van der Waals surface area contributed by atoms with E-state index in [2.05, 4.69) is 38.2 Å². The van der Waals surface area contributed by atoms with Crippen molar-refractivity contribution in [3.05, 3.63) is 59.7 Å². The third-order valence-corrected chi connectivity index (χ3v) is 4.50. The highest BCUT2D eigenvalue weighted by molar-refractivity contribution is 5.80. The number of hydrogen-bond donors (Lipinski definition) is 1. The Hall–Kier alpha value is -2.49.